The highest BCUT2D eigenvalue weighted by Crippen LogP contribution is 2.40. The van der Waals surface area contributed by atoms with E-state index in [1.54, 1.807) is 4.57 Å². The molecule has 0 spiro atoms. The summed E-state index contributed by atoms with van der Waals surface area (Å²) < 4.78 is 2.08. The Balaban J connectivity index is 1.75. The number of aromatic nitrogens is 1. The normalized spacial score (nSPS) is 14.0. The van der Waals surface area contributed by atoms with E-state index >= 15 is 0 Å². The zero-order valence-electron chi connectivity index (χ0n) is 15.7. The van der Waals surface area contributed by atoms with E-state index in [0.717, 1.165) is 28.1 Å². The Hall–Kier alpha value is -2.74. The highest BCUT2D eigenvalue weighted by Gasteiger charge is 2.23. The van der Waals surface area contributed by atoms with Gasteiger partial charge in [0.05, 0.1) is 16.3 Å². The molecule has 0 atom stereocenters. The van der Waals surface area contributed by atoms with Crippen LogP contribution in [0.2, 0.25) is 5.02 Å². The highest BCUT2D eigenvalue weighted by atomic mass is 35.5. The first-order valence-corrected chi connectivity index (χ1v) is 10.8. The third-order valence-electron chi connectivity index (χ3n) is 4.74. The molecule has 0 amide bonds. The van der Waals surface area contributed by atoms with Crippen molar-refractivity contribution >= 4 is 64.2 Å². The fraction of sp³-hybridized carbons (Fsp3) is 0.136. The minimum Gasteiger partial charge on any atom is -0.493 e. The number of para-hydroxylation sites is 1. The molecule has 2 aromatic carbocycles. The monoisotopic (exact) mass is 456 g/mol. The second kappa shape index (κ2) is 8.55. The number of allylic oxidation sites excluding steroid dienone is 1. The van der Waals surface area contributed by atoms with E-state index in [-0.39, 0.29) is 12.3 Å². The molecular formula is C22H17ClN2O3S2. The summed E-state index contributed by atoms with van der Waals surface area (Å²) in [6.45, 7) is 0.353. The van der Waals surface area contributed by atoms with Crippen LogP contribution < -0.4 is 0 Å². The molecule has 0 saturated carbocycles. The van der Waals surface area contributed by atoms with Gasteiger partial charge in [0.25, 0.3) is 0 Å². The second-order valence-corrected chi connectivity index (χ2v) is 8.86. The largest absolute Gasteiger partial charge is 0.493 e. The zero-order valence-corrected chi connectivity index (χ0v) is 18.1. The van der Waals surface area contributed by atoms with Crippen molar-refractivity contribution in [2.75, 3.05) is 0 Å². The number of nitrogens with zero attached hydrogens (tertiary/aromatic N) is 2. The Kier molecular flexibility index (Phi) is 5.85. The molecule has 5 nitrogen and oxygen atoms in total. The molecule has 0 bridgehead atoms. The molecule has 0 saturated heterocycles. The van der Waals surface area contributed by atoms with Crippen LogP contribution in [0, 0.1) is 3.95 Å². The van der Waals surface area contributed by atoms with E-state index in [1.165, 1.54) is 11.3 Å². The molecule has 0 radical (unpaired) electrons. The number of hydrogen-bond donors (Lipinski definition) is 2. The van der Waals surface area contributed by atoms with Crippen molar-refractivity contribution in [3.63, 3.8) is 0 Å². The number of aromatic hydroxyl groups is 1. The van der Waals surface area contributed by atoms with Crippen LogP contribution in [-0.4, -0.2) is 26.5 Å². The number of fused-ring (bicyclic) bond motifs is 1. The number of benzene rings is 2. The summed E-state index contributed by atoms with van der Waals surface area (Å²) in [4.78, 5) is 16.2. The lowest BCUT2D eigenvalue weighted by Crippen LogP contribution is -2.02. The van der Waals surface area contributed by atoms with E-state index in [4.69, 9.17) is 33.9 Å². The Bertz CT molecular complexity index is 1240. The fourth-order valence-electron chi connectivity index (χ4n) is 3.31. The smallest absolute Gasteiger partial charge is 0.303 e. The maximum Gasteiger partial charge on any atom is 0.303 e. The van der Waals surface area contributed by atoms with Crippen molar-refractivity contribution in [2.24, 2.45) is 4.99 Å². The molecule has 30 heavy (non-hydrogen) atoms. The molecule has 0 aliphatic carbocycles. The van der Waals surface area contributed by atoms with Crippen molar-refractivity contribution in [2.45, 2.75) is 19.4 Å². The van der Waals surface area contributed by atoms with Gasteiger partial charge in [0.15, 0.2) is 3.95 Å². The van der Waals surface area contributed by atoms with Gasteiger partial charge in [0, 0.05) is 34.7 Å². The van der Waals surface area contributed by atoms with Gasteiger partial charge in [-0.05, 0) is 42.9 Å². The fourth-order valence-corrected chi connectivity index (χ4v) is 4.73. The van der Waals surface area contributed by atoms with E-state index < -0.39 is 5.97 Å². The van der Waals surface area contributed by atoms with E-state index in [9.17, 15) is 9.90 Å². The number of hydrogen-bond acceptors (Lipinski definition) is 5. The highest BCUT2D eigenvalue weighted by molar-refractivity contribution is 7.73. The van der Waals surface area contributed by atoms with Gasteiger partial charge < -0.3 is 10.2 Å². The van der Waals surface area contributed by atoms with Crippen LogP contribution in [0.5, 0.6) is 5.88 Å². The zero-order chi connectivity index (χ0) is 21.3. The number of carboxylic acid groups (broad SMARTS) is 1. The van der Waals surface area contributed by atoms with Gasteiger partial charge in [0.2, 0.25) is 5.88 Å². The number of thiazole rings is 1. The van der Waals surface area contributed by atoms with Crippen LogP contribution in [0.25, 0.3) is 11.6 Å². The van der Waals surface area contributed by atoms with Crippen molar-refractivity contribution in [1.29, 1.82) is 0 Å². The van der Waals surface area contributed by atoms with Crippen LogP contribution in [0.4, 0.5) is 5.69 Å². The first-order chi connectivity index (χ1) is 14.4. The van der Waals surface area contributed by atoms with Crippen LogP contribution in [0.1, 0.15) is 28.8 Å². The molecule has 4 rings (SSSR count). The molecule has 2 N–H and O–H groups in total. The minimum absolute atomic E-state index is 0.0221. The Morgan fingerprint density at radius 2 is 1.93 bits per heavy atom. The summed E-state index contributed by atoms with van der Waals surface area (Å²) in [5, 5.41) is 20.2. The van der Waals surface area contributed by atoms with Crippen molar-refractivity contribution in [1.82, 2.24) is 4.57 Å². The van der Waals surface area contributed by atoms with E-state index in [2.05, 4.69) is 0 Å². The number of carbonyl (C=O) groups is 1. The number of halogens is 1. The van der Waals surface area contributed by atoms with Gasteiger partial charge in [-0.2, -0.15) is 0 Å². The predicted molar refractivity (Wildman–Crippen MR) is 124 cm³/mol. The Labute approximate surface area is 187 Å². The maximum absolute atomic E-state index is 10.8. The van der Waals surface area contributed by atoms with Gasteiger partial charge in [-0.1, -0.05) is 41.9 Å². The van der Waals surface area contributed by atoms with Gasteiger partial charge in [0.1, 0.15) is 0 Å². The maximum atomic E-state index is 10.8. The summed E-state index contributed by atoms with van der Waals surface area (Å²) in [5.74, 6) is -0.826. The summed E-state index contributed by atoms with van der Waals surface area (Å²) in [5.41, 5.74) is 4.43. The lowest BCUT2D eigenvalue weighted by atomic mass is 9.97. The number of aliphatic carboxylic acids is 1. The number of aliphatic imine (C=N–C) groups is 1. The van der Waals surface area contributed by atoms with Crippen LogP contribution >= 0.6 is 35.2 Å². The molecule has 1 aromatic heterocycles. The topological polar surface area (TPSA) is 74.8 Å². The SMILES string of the molecule is O=C(O)CCCn1c(O)c(C=C2C(c3ccc(Cl)cc3)=Nc3ccccc32)sc1=S. The van der Waals surface area contributed by atoms with E-state index in [1.807, 2.05) is 54.6 Å². The van der Waals surface area contributed by atoms with Gasteiger partial charge in [-0.3, -0.25) is 9.36 Å². The summed E-state index contributed by atoms with van der Waals surface area (Å²) in [6, 6.07) is 15.3. The Morgan fingerprint density at radius 3 is 2.67 bits per heavy atom. The van der Waals surface area contributed by atoms with E-state index in [0.29, 0.717) is 26.8 Å². The average Bonchev–Trinajstić information content (AvgIpc) is 3.21. The van der Waals surface area contributed by atoms with Crippen molar-refractivity contribution in [3.05, 3.63) is 73.5 Å². The lowest BCUT2D eigenvalue weighted by molar-refractivity contribution is -0.137. The van der Waals surface area contributed by atoms with Gasteiger partial charge in [-0.25, -0.2) is 4.99 Å². The summed E-state index contributed by atoms with van der Waals surface area (Å²) >= 11 is 12.7. The first-order valence-electron chi connectivity index (χ1n) is 9.24. The quantitative estimate of drug-likeness (QED) is 0.434. The van der Waals surface area contributed by atoms with Crippen LogP contribution in [0.15, 0.2) is 53.5 Å². The predicted octanol–water partition coefficient (Wildman–Crippen LogP) is 6.18. The third kappa shape index (κ3) is 4.09. The molecule has 0 unspecified atom stereocenters. The standard InChI is InChI=1S/C22H17ClN2O3S2/c23-14-9-7-13(8-10-14)20-16(15-4-1-2-5-17(15)24-20)12-18-21(28)25(22(29)30-18)11-3-6-19(26)27/h1-2,4-5,7-10,12,28H,3,6,11H2,(H,26,27). The number of rotatable bonds is 6. The molecule has 2 heterocycles. The Morgan fingerprint density at radius 1 is 1.20 bits per heavy atom. The van der Waals surface area contributed by atoms with Gasteiger partial charge >= 0.3 is 5.97 Å². The van der Waals surface area contributed by atoms with Crippen LogP contribution in [-0.2, 0) is 11.3 Å². The number of carboxylic acids is 1. The molecule has 152 valence electrons. The lowest BCUT2D eigenvalue weighted by Gasteiger charge is -2.07. The minimum atomic E-state index is -0.870. The second-order valence-electron chi connectivity index (χ2n) is 6.75. The third-order valence-corrected chi connectivity index (χ3v) is 6.38. The molecule has 1 aliphatic rings. The average molecular weight is 457 g/mol. The molecular weight excluding hydrogens is 440 g/mol. The summed E-state index contributed by atoms with van der Waals surface area (Å²) in [7, 11) is 0. The molecule has 8 heteroatoms. The molecule has 0 fully saturated rings. The molecule has 1 aliphatic heterocycles. The molecule has 3 aromatic rings. The first kappa shape index (κ1) is 20.5. The van der Waals surface area contributed by atoms with Crippen molar-refractivity contribution < 1.29 is 15.0 Å². The summed E-state index contributed by atoms with van der Waals surface area (Å²) in [6.07, 6.45) is 2.31. The van der Waals surface area contributed by atoms with Gasteiger partial charge in [-0.15, -0.1) is 11.3 Å². The van der Waals surface area contributed by atoms with Crippen molar-refractivity contribution in [3.8, 4) is 5.88 Å². The van der Waals surface area contributed by atoms with Crippen LogP contribution in [0.3, 0.4) is 0 Å².